The molecular weight excluding hydrogens is 240 g/mol. The maximum absolute atomic E-state index is 8.99. The van der Waals surface area contributed by atoms with Crippen molar-refractivity contribution >= 4 is 0 Å². The van der Waals surface area contributed by atoms with Crippen LogP contribution in [0.4, 0.5) is 0 Å². The summed E-state index contributed by atoms with van der Waals surface area (Å²) < 4.78 is 0. The summed E-state index contributed by atoms with van der Waals surface area (Å²) in [5, 5.41) is 18.0. The standard InChI is InChI=1S/C15H34N2O2/c1-5-14(3)17(15(4)6-2)9-7-8-16(10-12-18)11-13-19/h14-15,18-19H,5-13H2,1-4H3. The van der Waals surface area contributed by atoms with Gasteiger partial charge in [0, 0.05) is 25.2 Å². The average molecular weight is 274 g/mol. The molecule has 0 bridgehead atoms. The molecule has 4 heteroatoms. The monoisotopic (exact) mass is 274 g/mol. The minimum absolute atomic E-state index is 0.167. The van der Waals surface area contributed by atoms with E-state index < -0.39 is 0 Å². The predicted molar refractivity (Wildman–Crippen MR) is 81.4 cm³/mol. The highest BCUT2D eigenvalue weighted by Gasteiger charge is 2.17. The van der Waals surface area contributed by atoms with Crippen LogP contribution in [0.15, 0.2) is 0 Å². The van der Waals surface area contributed by atoms with E-state index in [-0.39, 0.29) is 13.2 Å². The SMILES string of the molecule is CCC(C)N(CCCN(CCO)CCO)C(C)CC. The maximum Gasteiger partial charge on any atom is 0.0558 e. The Morgan fingerprint density at radius 3 is 1.63 bits per heavy atom. The van der Waals surface area contributed by atoms with E-state index in [9.17, 15) is 0 Å². The minimum Gasteiger partial charge on any atom is -0.395 e. The molecular formula is C15H34N2O2. The third-order valence-electron chi connectivity index (χ3n) is 4.04. The van der Waals surface area contributed by atoms with Gasteiger partial charge in [-0.15, -0.1) is 0 Å². The van der Waals surface area contributed by atoms with Gasteiger partial charge in [0.05, 0.1) is 13.2 Å². The molecule has 19 heavy (non-hydrogen) atoms. The molecule has 0 fully saturated rings. The molecule has 0 saturated heterocycles. The molecule has 0 saturated carbocycles. The average Bonchev–Trinajstić information content (AvgIpc) is 2.42. The summed E-state index contributed by atoms with van der Waals surface area (Å²) in [5.74, 6) is 0. The zero-order valence-electron chi connectivity index (χ0n) is 13.3. The molecule has 0 radical (unpaired) electrons. The van der Waals surface area contributed by atoms with Crippen molar-refractivity contribution in [3.05, 3.63) is 0 Å². The van der Waals surface area contributed by atoms with Gasteiger partial charge in [0.15, 0.2) is 0 Å². The Morgan fingerprint density at radius 2 is 1.26 bits per heavy atom. The molecule has 0 heterocycles. The van der Waals surface area contributed by atoms with Crippen LogP contribution in [0.3, 0.4) is 0 Å². The van der Waals surface area contributed by atoms with Crippen molar-refractivity contribution in [2.24, 2.45) is 0 Å². The molecule has 0 aromatic rings. The lowest BCUT2D eigenvalue weighted by Gasteiger charge is -2.34. The molecule has 0 aliphatic rings. The van der Waals surface area contributed by atoms with Gasteiger partial charge >= 0.3 is 0 Å². The Balaban J connectivity index is 4.15. The molecule has 0 aromatic heterocycles. The number of nitrogens with zero attached hydrogens (tertiary/aromatic N) is 2. The fourth-order valence-electron chi connectivity index (χ4n) is 2.44. The maximum atomic E-state index is 8.99. The summed E-state index contributed by atoms with van der Waals surface area (Å²) >= 11 is 0. The summed E-state index contributed by atoms with van der Waals surface area (Å²) in [4.78, 5) is 4.71. The fourth-order valence-corrected chi connectivity index (χ4v) is 2.44. The lowest BCUT2D eigenvalue weighted by Crippen LogP contribution is -2.41. The first kappa shape index (κ1) is 18.8. The first-order valence-electron chi connectivity index (χ1n) is 7.80. The number of aliphatic hydroxyl groups excluding tert-OH is 2. The third-order valence-corrected chi connectivity index (χ3v) is 4.04. The highest BCUT2D eigenvalue weighted by molar-refractivity contribution is 4.72. The Morgan fingerprint density at radius 1 is 0.789 bits per heavy atom. The van der Waals surface area contributed by atoms with Crippen molar-refractivity contribution in [3.8, 4) is 0 Å². The molecule has 2 atom stereocenters. The number of hydrogen-bond donors (Lipinski definition) is 2. The Bertz CT molecular complexity index is 187. The van der Waals surface area contributed by atoms with E-state index in [0.717, 1.165) is 19.5 Å². The molecule has 2 unspecified atom stereocenters. The van der Waals surface area contributed by atoms with Crippen molar-refractivity contribution in [2.75, 3.05) is 39.4 Å². The van der Waals surface area contributed by atoms with E-state index >= 15 is 0 Å². The first-order chi connectivity index (χ1) is 9.10. The van der Waals surface area contributed by atoms with E-state index in [1.165, 1.54) is 12.8 Å². The zero-order chi connectivity index (χ0) is 14.7. The van der Waals surface area contributed by atoms with Crippen LogP contribution in [0.2, 0.25) is 0 Å². The highest BCUT2D eigenvalue weighted by Crippen LogP contribution is 2.12. The van der Waals surface area contributed by atoms with Crippen LogP contribution >= 0.6 is 0 Å². The second-order valence-corrected chi connectivity index (χ2v) is 5.39. The van der Waals surface area contributed by atoms with Gasteiger partial charge in [-0.2, -0.15) is 0 Å². The predicted octanol–water partition coefficient (Wildman–Crippen LogP) is 1.56. The molecule has 0 rings (SSSR count). The van der Waals surface area contributed by atoms with Crippen LogP contribution < -0.4 is 0 Å². The van der Waals surface area contributed by atoms with Crippen molar-refractivity contribution < 1.29 is 10.2 Å². The normalized spacial score (nSPS) is 15.2. The highest BCUT2D eigenvalue weighted by atomic mass is 16.3. The van der Waals surface area contributed by atoms with Crippen molar-refractivity contribution in [1.29, 1.82) is 0 Å². The van der Waals surface area contributed by atoms with Gasteiger partial charge in [-0.05, 0) is 46.2 Å². The van der Waals surface area contributed by atoms with Crippen LogP contribution in [-0.2, 0) is 0 Å². The van der Waals surface area contributed by atoms with Crippen LogP contribution in [0.25, 0.3) is 0 Å². The fraction of sp³-hybridized carbons (Fsp3) is 1.00. The second-order valence-electron chi connectivity index (χ2n) is 5.39. The Hall–Kier alpha value is -0.160. The van der Waals surface area contributed by atoms with Crippen molar-refractivity contribution in [3.63, 3.8) is 0 Å². The Labute approximate surface area is 119 Å². The van der Waals surface area contributed by atoms with Crippen LogP contribution in [0.5, 0.6) is 0 Å². The number of hydrogen-bond acceptors (Lipinski definition) is 4. The molecule has 0 aliphatic heterocycles. The van der Waals surface area contributed by atoms with Crippen molar-refractivity contribution in [2.45, 2.75) is 59.0 Å². The molecule has 4 nitrogen and oxygen atoms in total. The van der Waals surface area contributed by atoms with E-state index in [1.807, 2.05) is 0 Å². The summed E-state index contributed by atoms with van der Waals surface area (Å²) in [5.41, 5.74) is 0. The largest absolute Gasteiger partial charge is 0.395 e. The molecule has 0 amide bonds. The van der Waals surface area contributed by atoms with Gasteiger partial charge in [0.25, 0.3) is 0 Å². The van der Waals surface area contributed by atoms with Gasteiger partial charge in [0.1, 0.15) is 0 Å². The molecule has 0 aromatic carbocycles. The number of rotatable bonds is 12. The van der Waals surface area contributed by atoms with Gasteiger partial charge in [-0.1, -0.05) is 13.8 Å². The van der Waals surface area contributed by atoms with Gasteiger partial charge in [0.2, 0.25) is 0 Å². The molecule has 0 aliphatic carbocycles. The lowest BCUT2D eigenvalue weighted by atomic mass is 10.1. The lowest BCUT2D eigenvalue weighted by molar-refractivity contribution is 0.123. The smallest absolute Gasteiger partial charge is 0.0558 e. The molecule has 2 N–H and O–H groups in total. The summed E-state index contributed by atoms with van der Waals surface area (Å²) in [7, 11) is 0. The van der Waals surface area contributed by atoms with Crippen LogP contribution in [-0.4, -0.2) is 71.5 Å². The van der Waals surface area contributed by atoms with Crippen LogP contribution in [0, 0.1) is 0 Å². The topological polar surface area (TPSA) is 46.9 Å². The summed E-state index contributed by atoms with van der Waals surface area (Å²) in [6.45, 7) is 12.8. The quantitative estimate of drug-likeness (QED) is 0.567. The van der Waals surface area contributed by atoms with Gasteiger partial charge in [-0.3, -0.25) is 9.80 Å². The van der Waals surface area contributed by atoms with Crippen molar-refractivity contribution in [1.82, 2.24) is 9.80 Å². The summed E-state index contributed by atoms with van der Waals surface area (Å²) in [6, 6.07) is 1.25. The van der Waals surface area contributed by atoms with E-state index in [0.29, 0.717) is 25.2 Å². The van der Waals surface area contributed by atoms with E-state index in [1.54, 1.807) is 0 Å². The molecule has 116 valence electrons. The third kappa shape index (κ3) is 7.88. The summed E-state index contributed by atoms with van der Waals surface area (Å²) in [6.07, 6.45) is 3.46. The Kier molecular flexibility index (Phi) is 11.6. The molecule has 0 spiro atoms. The second kappa shape index (κ2) is 11.6. The zero-order valence-corrected chi connectivity index (χ0v) is 13.3. The van der Waals surface area contributed by atoms with Gasteiger partial charge < -0.3 is 10.2 Å². The van der Waals surface area contributed by atoms with Crippen LogP contribution in [0.1, 0.15) is 47.0 Å². The van der Waals surface area contributed by atoms with Gasteiger partial charge in [-0.25, -0.2) is 0 Å². The number of aliphatic hydroxyl groups is 2. The minimum atomic E-state index is 0.167. The van der Waals surface area contributed by atoms with E-state index in [4.69, 9.17) is 10.2 Å². The van der Waals surface area contributed by atoms with E-state index in [2.05, 4.69) is 37.5 Å². The first-order valence-corrected chi connectivity index (χ1v) is 7.80.